The Labute approximate surface area is 170 Å². The molecular formula is C22H30F3NO3. The van der Waals surface area contributed by atoms with Crippen molar-refractivity contribution in [1.82, 2.24) is 4.90 Å². The average Bonchev–Trinajstić information content (AvgIpc) is 2.70. The first-order valence-electron chi connectivity index (χ1n) is 10.5. The summed E-state index contributed by atoms with van der Waals surface area (Å²) in [5.41, 5.74) is -0.538. The van der Waals surface area contributed by atoms with Crippen LogP contribution < -0.4 is 0 Å². The van der Waals surface area contributed by atoms with Crippen LogP contribution in [0.3, 0.4) is 0 Å². The largest absolute Gasteiger partial charge is 0.466 e. The maximum atomic E-state index is 13.0. The standard InChI is InChI=1S/C22H30F3NO3/c1-2-28-20(27)21(15-19-8-3-4-13-29-19)9-11-26(12-10-21)16-17-6-5-7-18(14-17)22(23,24)25/h5-7,14,19H,2-4,8-13,15-16H2,1H3. The number of carbonyl (C=O) groups is 1. The van der Waals surface area contributed by atoms with Gasteiger partial charge in [-0.15, -0.1) is 0 Å². The molecule has 2 fully saturated rings. The van der Waals surface area contributed by atoms with Crippen LogP contribution in [0.1, 0.15) is 56.6 Å². The summed E-state index contributed by atoms with van der Waals surface area (Å²) in [6.45, 7) is 4.66. The van der Waals surface area contributed by atoms with Gasteiger partial charge in [-0.05, 0) is 70.2 Å². The number of carbonyl (C=O) groups excluding carboxylic acids is 1. The molecule has 1 atom stereocenters. The van der Waals surface area contributed by atoms with E-state index in [1.54, 1.807) is 6.07 Å². The lowest BCUT2D eigenvalue weighted by Crippen LogP contribution is -2.47. The number of rotatable bonds is 6. The number of hydrogen-bond acceptors (Lipinski definition) is 4. The Kier molecular flexibility index (Phi) is 7.22. The molecule has 2 aliphatic rings. The first-order valence-corrected chi connectivity index (χ1v) is 10.5. The number of alkyl halides is 3. The number of piperidine rings is 1. The van der Waals surface area contributed by atoms with Gasteiger partial charge in [0.05, 0.1) is 23.7 Å². The minimum Gasteiger partial charge on any atom is -0.466 e. The topological polar surface area (TPSA) is 38.8 Å². The lowest BCUT2D eigenvalue weighted by molar-refractivity contribution is -0.162. The highest BCUT2D eigenvalue weighted by atomic mass is 19.4. The number of esters is 1. The van der Waals surface area contributed by atoms with E-state index in [-0.39, 0.29) is 12.1 Å². The minimum absolute atomic E-state index is 0.0863. The molecule has 1 aromatic rings. The molecule has 0 radical (unpaired) electrons. The Morgan fingerprint density at radius 2 is 2.03 bits per heavy atom. The van der Waals surface area contributed by atoms with Crippen molar-refractivity contribution < 1.29 is 27.4 Å². The molecule has 0 aliphatic carbocycles. The van der Waals surface area contributed by atoms with Crippen LogP contribution in [0, 0.1) is 5.41 Å². The third-order valence-electron chi connectivity index (χ3n) is 6.07. The number of nitrogens with zero attached hydrogens (tertiary/aromatic N) is 1. The van der Waals surface area contributed by atoms with E-state index in [4.69, 9.17) is 9.47 Å². The summed E-state index contributed by atoms with van der Waals surface area (Å²) in [6.07, 6.45) is 0.854. The van der Waals surface area contributed by atoms with Crippen molar-refractivity contribution in [2.75, 3.05) is 26.3 Å². The Bertz CT molecular complexity index is 678. The Hall–Kier alpha value is -1.60. The SMILES string of the molecule is CCOC(=O)C1(CC2CCCCO2)CCN(Cc2cccc(C(F)(F)F)c2)CC1. The second-order valence-corrected chi connectivity index (χ2v) is 8.17. The van der Waals surface area contributed by atoms with E-state index < -0.39 is 17.2 Å². The van der Waals surface area contributed by atoms with Crippen molar-refractivity contribution in [3.8, 4) is 0 Å². The quantitative estimate of drug-likeness (QED) is 0.628. The molecule has 4 nitrogen and oxygen atoms in total. The molecule has 2 aliphatic heterocycles. The van der Waals surface area contributed by atoms with E-state index in [0.29, 0.717) is 51.1 Å². The monoisotopic (exact) mass is 413 g/mol. The van der Waals surface area contributed by atoms with Gasteiger partial charge in [0.15, 0.2) is 0 Å². The molecule has 1 aromatic carbocycles. The van der Waals surface area contributed by atoms with Crippen molar-refractivity contribution in [3.63, 3.8) is 0 Å². The summed E-state index contributed by atoms with van der Waals surface area (Å²) < 4.78 is 50.1. The fourth-order valence-electron chi connectivity index (χ4n) is 4.42. The van der Waals surface area contributed by atoms with Crippen LogP contribution in [0.2, 0.25) is 0 Å². The van der Waals surface area contributed by atoms with Crippen LogP contribution in [0.5, 0.6) is 0 Å². The highest BCUT2D eigenvalue weighted by molar-refractivity contribution is 5.77. The summed E-state index contributed by atoms with van der Waals surface area (Å²) in [5, 5.41) is 0. The van der Waals surface area contributed by atoms with Crippen LogP contribution >= 0.6 is 0 Å². The van der Waals surface area contributed by atoms with Crippen LogP contribution in [-0.4, -0.2) is 43.3 Å². The number of halogens is 3. The second-order valence-electron chi connectivity index (χ2n) is 8.17. The number of benzene rings is 1. The predicted octanol–water partition coefficient (Wildman–Crippen LogP) is 4.81. The maximum Gasteiger partial charge on any atom is 0.416 e. The molecule has 2 heterocycles. The third kappa shape index (κ3) is 5.72. The molecule has 0 amide bonds. The Morgan fingerprint density at radius 3 is 2.66 bits per heavy atom. The van der Waals surface area contributed by atoms with Crippen molar-refractivity contribution in [2.24, 2.45) is 5.41 Å². The zero-order valence-electron chi connectivity index (χ0n) is 17.0. The van der Waals surface area contributed by atoms with Gasteiger partial charge in [-0.25, -0.2) is 0 Å². The van der Waals surface area contributed by atoms with Crippen LogP contribution in [0.25, 0.3) is 0 Å². The zero-order valence-corrected chi connectivity index (χ0v) is 17.0. The van der Waals surface area contributed by atoms with Crippen LogP contribution in [-0.2, 0) is 27.0 Å². The predicted molar refractivity (Wildman–Crippen MR) is 103 cm³/mol. The highest BCUT2D eigenvalue weighted by Gasteiger charge is 2.44. The lowest BCUT2D eigenvalue weighted by Gasteiger charge is -2.42. The summed E-state index contributed by atoms with van der Waals surface area (Å²) in [6, 6.07) is 5.47. The molecule has 0 bridgehead atoms. The molecule has 2 saturated heterocycles. The minimum atomic E-state index is -4.34. The van der Waals surface area contributed by atoms with E-state index >= 15 is 0 Å². The molecule has 0 spiro atoms. The summed E-state index contributed by atoms with van der Waals surface area (Å²) in [7, 11) is 0. The molecule has 162 valence electrons. The van der Waals surface area contributed by atoms with Crippen molar-refractivity contribution in [1.29, 1.82) is 0 Å². The molecule has 0 N–H and O–H groups in total. The number of hydrogen-bond donors (Lipinski definition) is 0. The maximum absolute atomic E-state index is 13.0. The normalized spacial score (nSPS) is 23.0. The number of ether oxygens (including phenoxy) is 2. The zero-order chi connectivity index (χ0) is 20.9. The Morgan fingerprint density at radius 1 is 1.28 bits per heavy atom. The van der Waals surface area contributed by atoms with Gasteiger partial charge in [-0.3, -0.25) is 9.69 Å². The van der Waals surface area contributed by atoms with Gasteiger partial charge in [0.1, 0.15) is 0 Å². The van der Waals surface area contributed by atoms with E-state index in [9.17, 15) is 18.0 Å². The van der Waals surface area contributed by atoms with Gasteiger partial charge >= 0.3 is 12.1 Å². The van der Waals surface area contributed by atoms with E-state index in [0.717, 1.165) is 31.9 Å². The van der Waals surface area contributed by atoms with Gasteiger partial charge in [0.25, 0.3) is 0 Å². The van der Waals surface area contributed by atoms with E-state index in [1.807, 2.05) is 6.92 Å². The van der Waals surface area contributed by atoms with Gasteiger partial charge < -0.3 is 9.47 Å². The van der Waals surface area contributed by atoms with Crippen molar-refractivity contribution >= 4 is 5.97 Å². The van der Waals surface area contributed by atoms with Crippen LogP contribution in [0.15, 0.2) is 24.3 Å². The van der Waals surface area contributed by atoms with Gasteiger partial charge in [-0.1, -0.05) is 18.2 Å². The molecule has 1 unspecified atom stereocenters. The fourth-order valence-corrected chi connectivity index (χ4v) is 4.42. The average molecular weight is 413 g/mol. The summed E-state index contributed by atoms with van der Waals surface area (Å²) in [4.78, 5) is 14.9. The molecule has 0 aromatic heterocycles. The highest BCUT2D eigenvalue weighted by Crippen LogP contribution is 2.40. The van der Waals surface area contributed by atoms with Gasteiger partial charge in [-0.2, -0.15) is 13.2 Å². The number of likely N-dealkylation sites (tertiary alicyclic amines) is 1. The van der Waals surface area contributed by atoms with Crippen LogP contribution in [0.4, 0.5) is 13.2 Å². The Balaban J connectivity index is 1.64. The first kappa shape index (κ1) is 22.1. The van der Waals surface area contributed by atoms with Crippen molar-refractivity contribution in [2.45, 2.75) is 64.3 Å². The lowest BCUT2D eigenvalue weighted by atomic mass is 9.73. The molecule has 3 rings (SSSR count). The van der Waals surface area contributed by atoms with Crippen molar-refractivity contribution in [3.05, 3.63) is 35.4 Å². The molecule has 29 heavy (non-hydrogen) atoms. The van der Waals surface area contributed by atoms with E-state index in [2.05, 4.69) is 4.90 Å². The third-order valence-corrected chi connectivity index (χ3v) is 6.07. The fraction of sp³-hybridized carbons (Fsp3) is 0.682. The van der Waals surface area contributed by atoms with E-state index in [1.165, 1.54) is 12.1 Å². The summed E-state index contributed by atoms with van der Waals surface area (Å²) >= 11 is 0. The molecular weight excluding hydrogens is 383 g/mol. The van der Waals surface area contributed by atoms with Gasteiger partial charge in [0, 0.05) is 13.2 Å². The molecule has 7 heteroatoms. The second kappa shape index (κ2) is 9.47. The molecule has 0 saturated carbocycles. The first-order chi connectivity index (χ1) is 13.8. The van der Waals surface area contributed by atoms with Gasteiger partial charge in [0.2, 0.25) is 0 Å². The smallest absolute Gasteiger partial charge is 0.416 e. The summed E-state index contributed by atoms with van der Waals surface area (Å²) in [5.74, 6) is -0.159.